The van der Waals surface area contributed by atoms with Gasteiger partial charge in [0.05, 0.1) is 8.66 Å². The Labute approximate surface area is 125 Å². The highest BCUT2D eigenvalue weighted by Gasteiger charge is 2.12. The first kappa shape index (κ1) is 14.3. The van der Waals surface area contributed by atoms with Gasteiger partial charge in [-0.15, -0.1) is 11.3 Å². The van der Waals surface area contributed by atoms with Gasteiger partial charge in [-0.25, -0.2) is 0 Å². The topological polar surface area (TPSA) is 26.3 Å². The summed E-state index contributed by atoms with van der Waals surface area (Å²) in [6.45, 7) is 6.14. The number of carbonyl (C=O) groups is 1. The lowest BCUT2D eigenvalue weighted by molar-refractivity contribution is 0.0925. The molecule has 100 valence electrons. The van der Waals surface area contributed by atoms with E-state index in [9.17, 15) is 4.79 Å². The molecule has 0 aliphatic rings. The summed E-state index contributed by atoms with van der Waals surface area (Å²) in [4.78, 5) is 12.7. The van der Waals surface area contributed by atoms with Gasteiger partial charge in [-0.05, 0) is 60.0 Å². The van der Waals surface area contributed by atoms with Gasteiger partial charge in [0.25, 0.3) is 0 Å². The van der Waals surface area contributed by atoms with Crippen LogP contribution in [0.3, 0.4) is 0 Å². The fourth-order valence-electron chi connectivity index (χ4n) is 2.07. The quantitative estimate of drug-likeness (QED) is 0.755. The van der Waals surface area contributed by atoms with E-state index in [-0.39, 0.29) is 12.4 Å². The summed E-state index contributed by atoms with van der Waals surface area (Å²) < 4.78 is 6.65. The third-order valence-electron chi connectivity index (χ3n) is 2.80. The fraction of sp³-hybridized carbons (Fsp3) is 0.267. The number of benzene rings is 1. The molecule has 0 fully saturated rings. The molecule has 2 nitrogen and oxygen atoms in total. The lowest BCUT2D eigenvalue weighted by Crippen LogP contribution is -2.11. The highest BCUT2D eigenvalue weighted by atomic mass is 79.9. The van der Waals surface area contributed by atoms with E-state index < -0.39 is 0 Å². The Bertz CT molecular complexity index is 593. The van der Waals surface area contributed by atoms with Gasteiger partial charge >= 0.3 is 0 Å². The minimum absolute atomic E-state index is 0.00933. The monoisotopic (exact) mass is 338 g/mol. The van der Waals surface area contributed by atoms with Crippen molar-refractivity contribution in [3.8, 4) is 5.75 Å². The molecule has 0 atom stereocenters. The van der Waals surface area contributed by atoms with E-state index in [1.807, 2.05) is 26.0 Å². The molecular weight excluding hydrogens is 324 g/mol. The zero-order chi connectivity index (χ0) is 14.0. The Balaban J connectivity index is 2.09. The van der Waals surface area contributed by atoms with Gasteiger partial charge in [0.15, 0.2) is 6.61 Å². The first-order valence-corrected chi connectivity index (χ1v) is 7.57. The fourth-order valence-corrected chi connectivity index (χ4v) is 3.38. The molecule has 4 heteroatoms. The molecular formula is C15H15BrO2S. The van der Waals surface area contributed by atoms with Crippen LogP contribution in [0, 0.1) is 20.8 Å². The molecule has 1 aromatic heterocycles. The molecule has 19 heavy (non-hydrogen) atoms. The van der Waals surface area contributed by atoms with E-state index in [2.05, 4.69) is 35.0 Å². The van der Waals surface area contributed by atoms with Crippen molar-refractivity contribution in [1.82, 2.24) is 0 Å². The predicted octanol–water partition coefficient (Wildman–Crippen LogP) is 4.70. The normalized spacial score (nSPS) is 10.5. The maximum absolute atomic E-state index is 12.0. The molecule has 0 amide bonds. The molecule has 0 bridgehead atoms. The first-order valence-electron chi connectivity index (χ1n) is 5.96. The Morgan fingerprint density at radius 2 is 1.84 bits per heavy atom. The number of hydrogen-bond acceptors (Lipinski definition) is 3. The van der Waals surface area contributed by atoms with E-state index in [1.165, 1.54) is 16.9 Å². The number of Topliss-reactive ketones (excluding diaryl/α,β-unsaturated/α-hetero) is 1. The molecule has 0 saturated heterocycles. The highest BCUT2D eigenvalue weighted by molar-refractivity contribution is 9.11. The minimum Gasteiger partial charge on any atom is -0.485 e. The molecule has 0 saturated carbocycles. The Morgan fingerprint density at radius 3 is 2.37 bits per heavy atom. The standard InChI is InChI=1S/C15H15BrO2S/c1-9-6-10(2)15(11(3)7-9)18-8-12(17)13-4-5-14(16)19-13/h4-7H,8H2,1-3H3. The van der Waals surface area contributed by atoms with E-state index in [0.29, 0.717) is 4.88 Å². The number of rotatable bonds is 4. The van der Waals surface area contributed by atoms with Crippen LogP contribution in [0.2, 0.25) is 0 Å². The van der Waals surface area contributed by atoms with Crippen molar-refractivity contribution in [1.29, 1.82) is 0 Å². The van der Waals surface area contributed by atoms with Gasteiger partial charge in [0, 0.05) is 0 Å². The average Bonchev–Trinajstić information content (AvgIpc) is 2.74. The molecule has 1 aromatic carbocycles. The third-order valence-corrected chi connectivity index (χ3v) is 4.46. The van der Waals surface area contributed by atoms with Gasteiger partial charge in [0.2, 0.25) is 5.78 Å². The number of thiophene rings is 1. The summed E-state index contributed by atoms with van der Waals surface area (Å²) in [5, 5.41) is 0. The second-order valence-electron chi connectivity index (χ2n) is 4.54. The Morgan fingerprint density at radius 1 is 1.21 bits per heavy atom. The van der Waals surface area contributed by atoms with Crippen LogP contribution in [-0.4, -0.2) is 12.4 Å². The summed E-state index contributed by atoms with van der Waals surface area (Å²) in [5.41, 5.74) is 3.34. The van der Waals surface area contributed by atoms with E-state index in [1.54, 1.807) is 0 Å². The summed E-state index contributed by atoms with van der Waals surface area (Å²) in [5.74, 6) is 0.824. The lowest BCUT2D eigenvalue weighted by Gasteiger charge is -2.12. The number of ketones is 1. The molecule has 0 N–H and O–H groups in total. The maximum atomic E-state index is 12.0. The van der Waals surface area contributed by atoms with Crippen molar-refractivity contribution in [2.24, 2.45) is 0 Å². The number of carbonyl (C=O) groups excluding carboxylic acids is 1. The van der Waals surface area contributed by atoms with Crippen LogP contribution in [0.25, 0.3) is 0 Å². The number of aryl methyl sites for hydroxylation is 3. The average molecular weight is 339 g/mol. The van der Waals surface area contributed by atoms with E-state index in [0.717, 1.165) is 20.7 Å². The second-order valence-corrected chi connectivity index (χ2v) is 7.01. The van der Waals surface area contributed by atoms with Crippen LogP contribution in [-0.2, 0) is 0 Å². The first-order chi connectivity index (χ1) is 8.97. The third kappa shape index (κ3) is 3.45. The van der Waals surface area contributed by atoms with Crippen LogP contribution in [0.1, 0.15) is 26.4 Å². The van der Waals surface area contributed by atoms with E-state index in [4.69, 9.17) is 4.74 Å². The zero-order valence-corrected chi connectivity index (χ0v) is 13.5. The van der Waals surface area contributed by atoms with Crippen molar-refractivity contribution < 1.29 is 9.53 Å². The number of ether oxygens (including phenoxy) is 1. The molecule has 0 aliphatic carbocycles. The molecule has 2 aromatic rings. The summed E-state index contributed by atoms with van der Waals surface area (Å²) >= 11 is 4.78. The van der Waals surface area contributed by atoms with Crippen molar-refractivity contribution in [3.05, 3.63) is 49.6 Å². The number of halogens is 1. The smallest absolute Gasteiger partial charge is 0.210 e. The van der Waals surface area contributed by atoms with Gasteiger partial charge in [0.1, 0.15) is 5.75 Å². The summed E-state index contributed by atoms with van der Waals surface area (Å²) in [7, 11) is 0. The molecule has 2 rings (SSSR count). The molecule has 0 spiro atoms. The van der Waals surface area contributed by atoms with Gasteiger partial charge in [-0.2, -0.15) is 0 Å². The SMILES string of the molecule is Cc1cc(C)c(OCC(=O)c2ccc(Br)s2)c(C)c1. The Hall–Kier alpha value is -1.13. The second kappa shape index (κ2) is 5.88. The van der Waals surface area contributed by atoms with Crippen LogP contribution in [0.4, 0.5) is 0 Å². The molecule has 1 heterocycles. The van der Waals surface area contributed by atoms with Crippen LogP contribution in [0.5, 0.6) is 5.75 Å². The van der Waals surface area contributed by atoms with Crippen molar-refractivity contribution in [3.63, 3.8) is 0 Å². The van der Waals surface area contributed by atoms with Crippen molar-refractivity contribution in [2.45, 2.75) is 20.8 Å². The van der Waals surface area contributed by atoms with E-state index >= 15 is 0 Å². The Kier molecular flexibility index (Phi) is 4.42. The zero-order valence-electron chi connectivity index (χ0n) is 11.1. The summed E-state index contributed by atoms with van der Waals surface area (Å²) in [6.07, 6.45) is 0. The van der Waals surface area contributed by atoms with Gasteiger partial charge in [-0.1, -0.05) is 17.7 Å². The predicted molar refractivity (Wildman–Crippen MR) is 82.5 cm³/mol. The van der Waals surface area contributed by atoms with Crippen molar-refractivity contribution in [2.75, 3.05) is 6.61 Å². The van der Waals surface area contributed by atoms with Crippen LogP contribution < -0.4 is 4.74 Å². The molecule has 0 unspecified atom stereocenters. The van der Waals surface area contributed by atoms with Gasteiger partial charge < -0.3 is 4.74 Å². The largest absolute Gasteiger partial charge is 0.485 e. The highest BCUT2D eigenvalue weighted by Crippen LogP contribution is 2.26. The summed E-state index contributed by atoms with van der Waals surface area (Å²) in [6, 6.07) is 7.82. The number of hydrogen-bond donors (Lipinski definition) is 0. The maximum Gasteiger partial charge on any atom is 0.210 e. The minimum atomic E-state index is 0.00933. The van der Waals surface area contributed by atoms with Crippen LogP contribution in [0.15, 0.2) is 28.1 Å². The lowest BCUT2D eigenvalue weighted by atomic mass is 10.1. The van der Waals surface area contributed by atoms with Crippen LogP contribution >= 0.6 is 27.3 Å². The van der Waals surface area contributed by atoms with Gasteiger partial charge in [-0.3, -0.25) is 4.79 Å². The molecule has 0 radical (unpaired) electrons. The molecule has 0 aliphatic heterocycles. The van der Waals surface area contributed by atoms with Crippen molar-refractivity contribution >= 4 is 33.0 Å².